The standard InChI is InChI=1S/C20H27NO6/c1-20(2,3)27-19(24)21-16(10-12-17(22)25-4)11-13-18(23)26-14-15-8-6-5-7-9-15/h5-10,12,16H,11,13-14H2,1-4H3,(H,21,24)/b12-10+/t16-/m1/s1. The molecule has 7 heteroatoms. The highest BCUT2D eigenvalue weighted by Crippen LogP contribution is 2.09. The van der Waals surface area contributed by atoms with E-state index in [1.54, 1.807) is 20.8 Å². The van der Waals surface area contributed by atoms with E-state index in [1.165, 1.54) is 19.3 Å². The summed E-state index contributed by atoms with van der Waals surface area (Å²) in [6.45, 7) is 5.41. The van der Waals surface area contributed by atoms with E-state index >= 15 is 0 Å². The predicted molar refractivity (Wildman–Crippen MR) is 99.8 cm³/mol. The van der Waals surface area contributed by atoms with Gasteiger partial charge in [0.25, 0.3) is 0 Å². The minimum Gasteiger partial charge on any atom is -0.466 e. The average molecular weight is 377 g/mol. The van der Waals surface area contributed by atoms with Gasteiger partial charge in [-0.2, -0.15) is 0 Å². The van der Waals surface area contributed by atoms with Gasteiger partial charge in [-0.3, -0.25) is 4.79 Å². The minimum atomic E-state index is -0.657. The molecule has 7 nitrogen and oxygen atoms in total. The van der Waals surface area contributed by atoms with Crippen LogP contribution in [0.15, 0.2) is 42.5 Å². The Morgan fingerprint density at radius 1 is 1.15 bits per heavy atom. The molecule has 1 aromatic rings. The molecule has 1 atom stereocenters. The van der Waals surface area contributed by atoms with Gasteiger partial charge in [-0.1, -0.05) is 36.4 Å². The number of rotatable bonds is 8. The zero-order valence-electron chi connectivity index (χ0n) is 16.2. The topological polar surface area (TPSA) is 90.9 Å². The molecule has 0 fully saturated rings. The Bertz CT molecular complexity index is 648. The number of benzene rings is 1. The van der Waals surface area contributed by atoms with Gasteiger partial charge in [-0.15, -0.1) is 0 Å². The third-order valence-electron chi connectivity index (χ3n) is 3.27. The summed E-state index contributed by atoms with van der Waals surface area (Å²) >= 11 is 0. The molecule has 0 radical (unpaired) electrons. The van der Waals surface area contributed by atoms with E-state index < -0.39 is 29.7 Å². The molecule has 27 heavy (non-hydrogen) atoms. The Labute approximate surface area is 159 Å². The van der Waals surface area contributed by atoms with E-state index in [-0.39, 0.29) is 19.4 Å². The quantitative estimate of drug-likeness (QED) is 0.425. The van der Waals surface area contributed by atoms with Crippen molar-refractivity contribution in [3.05, 3.63) is 48.0 Å². The second-order valence-corrected chi connectivity index (χ2v) is 6.82. The van der Waals surface area contributed by atoms with Crippen LogP contribution >= 0.6 is 0 Å². The molecule has 1 rings (SSSR count). The summed E-state index contributed by atoms with van der Waals surface area (Å²) in [7, 11) is 1.25. The lowest BCUT2D eigenvalue weighted by atomic mass is 10.1. The number of carbonyl (C=O) groups excluding carboxylic acids is 3. The Morgan fingerprint density at radius 3 is 2.41 bits per heavy atom. The molecular weight excluding hydrogens is 350 g/mol. The predicted octanol–water partition coefficient (Wildman–Crippen LogP) is 3.13. The maximum absolute atomic E-state index is 11.9. The van der Waals surface area contributed by atoms with Gasteiger partial charge in [0, 0.05) is 12.5 Å². The van der Waals surface area contributed by atoms with Crippen molar-refractivity contribution >= 4 is 18.0 Å². The average Bonchev–Trinajstić information content (AvgIpc) is 2.61. The van der Waals surface area contributed by atoms with Crippen molar-refractivity contribution in [2.24, 2.45) is 0 Å². The first-order valence-electron chi connectivity index (χ1n) is 8.65. The van der Waals surface area contributed by atoms with Crippen LogP contribution in [0.25, 0.3) is 0 Å². The summed E-state index contributed by atoms with van der Waals surface area (Å²) in [5, 5.41) is 2.62. The fraction of sp³-hybridized carbons (Fsp3) is 0.450. The number of amides is 1. The first kappa shape index (κ1) is 22.2. The summed E-state index contributed by atoms with van der Waals surface area (Å²) in [4.78, 5) is 35.2. The SMILES string of the molecule is COC(=O)/C=C/[C@H](CCC(=O)OCc1ccccc1)NC(=O)OC(C)(C)C. The molecule has 1 amide bonds. The Balaban J connectivity index is 2.56. The number of hydrogen-bond acceptors (Lipinski definition) is 6. The Hall–Kier alpha value is -2.83. The van der Waals surface area contributed by atoms with Crippen LogP contribution in [0.5, 0.6) is 0 Å². The highest BCUT2D eigenvalue weighted by molar-refractivity contribution is 5.82. The smallest absolute Gasteiger partial charge is 0.408 e. The molecule has 1 N–H and O–H groups in total. The van der Waals surface area contributed by atoms with Crippen molar-refractivity contribution in [3.63, 3.8) is 0 Å². The van der Waals surface area contributed by atoms with Crippen LogP contribution in [0.2, 0.25) is 0 Å². The number of carbonyl (C=O) groups is 3. The zero-order chi connectivity index (χ0) is 20.3. The molecule has 0 aliphatic carbocycles. The van der Waals surface area contributed by atoms with Gasteiger partial charge in [-0.25, -0.2) is 9.59 Å². The molecule has 0 unspecified atom stereocenters. The van der Waals surface area contributed by atoms with Gasteiger partial charge >= 0.3 is 18.0 Å². The maximum atomic E-state index is 11.9. The van der Waals surface area contributed by atoms with Crippen molar-refractivity contribution in [1.29, 1.82) is 0 Å². The van der Waals surface area contributed by atoms with Gasteiger partial charge in [-0.05, 0) is 32.8 Å². The highest BCUT2D eigenvalue weighted by Gasteiger charge is 2.19. The lowest BCUT2D eigenvalue weighted by Crippen LogP contribution is -2.38. The first-order valence-corrected chi connectivity index (χ1v) is 8.65. The molecule has 0 aliphatic rings. The molecule has 0 spiro atoms. The van der Waals surface area contributed by atoms with Gasteiger partial charge in [0.2, 0.25) is 0 Å². The van der Waals surface area contributed by atoms with E-state index in [4.69, 9.17) is 9.47 Å². The molecule has 0 saturated heterocycles. The van der Waals surface area contributed by atoms with Crippen molar-refractivity contribution in [2.45, 2.75) is 51.9 Å². The van der Waals surface area contributed by atoms with Crippen LogP contribution in [0.4, 0.5) is 4.79 Å². The molecule has 0 aliphatic heterocycles. The second kappa shape index (κ2) is 11.0. The fourth-order valence-electron chi connectivity index (χ4n) is 2.02. The van der Waals surface area contributed by atoms with Crippen LogP contribution in [-0.2, 0) is 30.4 Å². The van der Waals surface area contributed by atoms with Crippen LogP contribution in [0, 0.1) is 0 Å². The highest BCUT2D eigenvalue weighted by atomic mass is 16.6. The van der Waals surface area contributed by atoms with Gasteiger partial charge in [0.1, 0.15) is 12.2 Å². The number of ether oxygens (including phenoxy) is 3. The van der Waals surface area contributed by atoms with Crippen molar-refractivity contribution in [2.75, 3.05) is 7.11 Å². The number of hydrogen-bond donors (Lipinski definition) is 1. The molecule has 0 bridgehead atoms. The van der Waals surface area contributed by atoms with Crippen LogP contribution in [-0.4, -0.2) is 36.8 Å². The molecule has 1 aromatic carbocycles. The van der Waals surface area contributed by atoms with Crippen molar-refractivity contribution < 1.29 is 28.6 Å². The van der Waals surface area contributed by atoms with Crippen LogP contribution in [0.3, 0.4) is 0 Å². The number of alkyl carbamates (subject to hydrolysis) is 1. The number of esters is 2. The monoisotopic (exact) mass is 377 g/mol. The third-order valence-corrected chi connectivity index (χ3v) is 3.27. The molecule has 148 valence electrons. The van der Waals surface area contributed by atoms with Gasteiger partial charge in [0.15, 0.2) is 0 Å². The minimum absolute atomic E-state index is 0.0683. The van der Waals surface area contributed by atoms with E-state index in [2.05, 4.69) is 10.1 Å². The first-order chi connectivity index (χ1) is 12.7. The Morgan fingerprint density at radius 2 is 1.81 bits per heavy atom. The van der Waals surface area contributed by atoms with E-state index in [0.717, 1.165) is 5.56 Å². The van der Waals surface area contributed by atoms with E-state index in [1.807, 2.05) is 30.3 Å². The molecule has 0 saturated carbocycles. The molecule has 0 heterocycles. The second-order valence-electron chi connectivity index (χ2n) is 6.82. The van der Waals surface area contributed by atoms with E-state index in [0.29, 0.717) is 0 Å². The van der Waals surface area contributed by atoms with Crippen LogP contribution < -0.4 is 5.32 Å². The summed E-state index contributed by atoms with van der Waals surface area (Å²) < 4.78 is 14.9. The molecule has 0 aromatic heterocycles. The maximum Gasteiger partial charge on any atom is 0.408 e. The summed E-state index contributed by atoms with van der Waals surface area (Å²) in [6, 6.07) is 8.75. The van der Waals surface area contributed by atoms with Crippen molar-refractivity contribution in [3.8, 4) is 0 Å². The molecular formula is C20H27NO6. The fourth-order valence-corrected chi connectivity index (χ4v) is 2.02. The zero-order valence-corrected chi connectivity index (χ0v) is 16.2. The largest absolute Gasteiger partial charge is 0.466 e. The number of methoxy groups -OCH3 is 1. The van der Waals surface area contributed by atoms with Gasteiger partial charge < -0.3 is 19.5 Å². The van der Waals surface area contributed by atoms with E-state index in [9.17, 15) is 14.4 Å². The Kier molecular flexibility index (Phi) is 9.05. The third kappa shape index (κ3) is 10.7. The summed E-state index contributed by atoms with van der Waals surface area (Å²) in [6.07, 6.45) is 2.33. The van der Waals surface area contributed by atoms with Crippen LogP contribution in [0.1, 0.15) is 39.2 Å². The summed E-state index contributed by atoms with van der Waals surface area (Å²) in [5.41, 5.74) is 0.231. The van der Waals surface area contributed by atoms with Crippen molar-refractivity contribution in [1.82, 2.24) is 5.32 Å². The number of nitrogens with one attached hydrogen (secondary N) is 1. The lowest BCUT2D eigenvalue weighted by Gasteiger charge is -2.22. The van der Waals surface area contributed by atoms with Gasteiger partial charge in [0.05, 0.1) is 13.2 Å². The normalized spacial score (nSPS) is 12.3. The lowest BCUT2D eigenvalue weighted by molar-refractivity contribution is -0.145. The summed E-state index contributed by atoms with van der Waals surface area (Å²) in [5.74, 6) is -0.959.